The Morgan fingerprint density at radius 3 is 2.75 bits per heavy atom. The van der Waals surface area contributed by atoms with Gasteiger partial charge in [-0.25, -0.2) is 4.79 Å². The number of rotatable bonds is 6. The minimum absolute atomic E-state index is 0.0924. The van der Waals surface area contributed by atoms with E-state index in [1.165, 1.54) is 5.56 Å². The molecule has 3 atom stereocenters. The van der Waals surface area contributed by atoms with Crippen molar-refractivity contribution >= 4 is 46.9 Å². The van der Waals surface area contributed by atoms with E-state index in [0.29, 0.717) is 29.4 Å². The SMILES string of the molecule is Cc1ccc(NC(=O)N[C@H]2C[C@H]3C(=O)N[C@@H](CSCc4ccccc4)C(=O)N3C2)cc1Cl. The number of urea groups is 1. The van der Waals surface area contributed by atoms with Crippen LogP contribution in [0.25, 0.3) is 0 Å². The molecule has 2 saturated heterocycles. The molecule has 0 radical (unpaired) electrons. The lowest BCUT2D eigenvalue weighted by Crippen LogP contribution is -2.61. The Kier molecular flexibility index (Phi) is 6.91. The quantitative estimate of drug-likeness (QED) is 0.602. The molecular formula is C23H25ClN4O3S. The normalized spacial score (nSPS) is 22.3. The van der Waals surface area contributed by atoms with Gasteiger partial charge in [-0.15, -0.1) is 0 Å². The van der Waals surface area contributed by atoms with Crippen LogP contribution in [-0.2, 0) is 15.3 Å². The smallest absolute Gasteiger partial charge is 0.319 e. The molecule has 4 rings (SSSR count). The molecule has 0 spiro atoms. The van der Waals surface area contributed by atoms with Gasteiger partial charge in [0.25, 0.3) is 0 Å². The Balaban J connectivity index is 1.30. The van der Waals surface area contributed by atoms with Crippen LogP contribution >= 0.6 is 23.4 Å². The molecule has 0 aromatic heterocycles. The summed E-state index contributed by atoms with van der Waals surface area (Å²) in [4.78, 5) is 39.5. The molecule has 2 fully saturated rings. The van der Waals surface area contributed by atoms with Crippen LogP contribution in [0, 0.1) is 6.92 Å². The van der Waals surface area contributed by atoms with Gasteiger partial charge in [0.05, 0.1) is 6.04 Å². The number of benzene rings is 2. The number of carbonyl (C=O) groups is 3. The monoisotopic (exact) mass is 472 g/mol. The van der Waals surface area contributed by atoms with Crippen molar-refractivity contribution in [2.24, 2.45) is 0 Å². The van der Waals surface area contributed by atoms with Crippen molar-refractivity contribution in [1.82, 2.24) is 15.5 Å². The van der Waals surface area contributed by atoms with Gasteiger partial charge in [0, 0.05) is 28.8 Å². The average molecular weight is 473 g/mol. The van der Waals surface area contributed by atoms with Gasteiger partial charge in [-0.3, -0.25) is 9.59 Å². The summed E-state index contributed by atoms with van der Waals surface area (Å²) in [7, 11) is 0. The molecule has 4 amide bonds. The number of aryl methyl sites for hydroxylation is 1. The van der Waals surface area contributed by atoms with Gasteiger partial charge in [-0.05, 0) is 36.6 Å². The zero-order valence-electron chi connectivity index (χ0n) is 17.6. The summed E-state index contributed by atoms with van der Waals surface area (Å²) in [6.45, 7) is 2.20. The second kappa shape index (κ2) is 9.83. The van der Waals surface area contributed by atoms with E-state index in [0.717, 1.165) is 11.3 Å². The average Bonchev–Trinajstić information content (AvgIpc) is 3.19. The minimum Gasteiger partial charge on any atom is -0.342 e. The number of hydrogen-bond acceptors (Lipinski definition) is 4. The van der Waals surface area contributed by atoms with Gasteiger partial charge in [0.1, 0.15) is 12.1 Å². The van der Waals surface area contributed by atoms with E-state index < -0.39 is 18.1 Å². The second-order valence-electron chi connectivity index (χ2n) is 8.06. The number of nitrogens with zero attached hydrogens (tertiary/aromatic N) is 1. The number of thioether (sulfide) groups is 1. The summed E-state index contributed by atoms with van der Waals surface area (Å²) in [5.74, 6) is 1.03. The van der Waals surface area contributed by atoms with Gasteiger partial charge < -0.3 is 20.9 Å². The highest BCUT2D eigenvalue weighted by Gasteiger charge is 2.46. The molecule has 7 nitrogen and oxygen atoms in total. The summed E-state index contributed by atoms with van der Waals surface area (Å²) in [6.07, 6.45) is 0.392. The fourth-order valence-corrected chi connectivity index (χ4v) is 5.16. The molecule has 9 heteroatoms. The molecule has 2 aliphatic heterocycles. The highest BCUT2D eigenvalue weighted by atomic mass is 35.5. The first kappa shape index (κ1) is 22.5. The Morgan fingerprint density at radius 2 is 2.00 bits per heavy atom. The maximum Gasteiger partial charge on any atom is 0.319 e. The molecule has 0 unspecified atom stereocenters. The predicted molar refractivity (Wildman–Crippen MR) is 127 cm³/mol. The first-order chi connectivity index (χ1) is 15.4. The minimum atomic E-state index is -0.547. The second-order valence-corrected chi connectivity index (χ2v) is 9.50. The third kappa shape index (κ3) is 5.19. The van der Waals surface area contributed by atoms with Gasteiger partial charge >= 0.3 is 6.03 Å². The van der Waals surface area contributed by atoms with Gasteiger partial charge in [0.15, 0.2) is 0 Å². The van der Waals surface area contributed by atoms with E-state index in [2.05, 4.69) is 16.0 Å². The van der Waals surface area contributed by atoms with Crippen molar-refractivity contribution in [3.63, 3.8) is 0 Å². The van der Waals surface area contributed by atoms with Crippen molar-refractivity contribution in [2.45, 2.75) is 37.2 Å². The number of nitrogens with one attached hydrogen (secondary N) is 3. The maximum absolute atomic E-state index is 12.9. The molecule has 0 bridgehead atoms. The molecule has 32 heavy (non-hydrogen) atoms. The largest absolute Gasteiger partial charge is 0.342 e. The van der Waals surface area contributed by atoms with E-state index >= 15 is 0 Å². The first-order valence-electron chi connectivity index (χ1n) is 10.5. The van der Waals surface area contributed by atoms with E-state index in [4.69, 9.17) is 11.6 Å². The van der Waals surface area contributed by atoms with Crippen LogP contribution in [0.1, 0.15) is 17.5 Å². The Hall–Kier alpha value is -2.71. The number of hydrogen-bond donors (Lipinski definition) is 3. The zero-order valence-corrected chi connectivity index (χ0v) is 19.2. The summed E-state index contributed by atoms with van der Waals surface area (Å²) >= 11 is 7.72. The molecular weight excluding hydrogens is 448 g/mol. The van der Waals surface area contributed by atoms with Crippen LogP contribution in [0.2, 0.25) is 5.02 Å². The lowest BCUT2D eigenvalue weighted by atomic mass is 10.1. The number of fused-ring (bicyclic) bond motifs is 1. The van der Waals surface area contributed by atoms with Crippen molar-refractivity contribution in [2.75, 3.05) is 17.6 Å². The number of halogens is 1. The molecule has 2 aliphatic rings. The van der Waals surface area contributed by atoms with Crippen LogP contribution in [0.5, 0.6) is 0 Å². The van der Waals surface area contributed by atoms with Crippen molar-refractivity contribution in [1.29, 1.82) is 0 Å². The van der Waals surface area contributed by atoms with Crippen LogP contribution in [0.3, 0.4) is 0 Å². The van der Waals surface area contributed by atoms with E-state index in [9.17, 15) is 14.4 Å². The fraction of sp³-hybridized carbons (Fsp3) is 0.348. The lowest BCUT2D eigenvalue weighted by molar-refractivity contribution is -0.146. The molecule has 0 saturated carbocycles. The maximum atomic E-state index is 12.9. The van der Waals surface area contributed by atoms with Crippen LogP contribution in [-0.4, -0.2) is 53.2 Å². The Morgan fingerprint density at radius 1 is 1.22 bits per heavy atom. The van der Waals surface area contributed by atoms with Gasteiger partial charge in [-0.2, -0.15) is 11.8 Å². The number of anilines is 1. The Labute approximate surface area is 196 Å². The number of piperazine rings is 1. The van der Waals surface area contributed by atoms with E-state index in [1.54, 1.807) is 28.8 Å². The number of carbonyl (C=O) groups excluding carboxylic acids is 3. The van der Waals surface area contributed by atoms with Crippen molar-refractivity contribution < 1.29 is 14.4 Å². The number of amides is 4. The van der Waals surface area contributed by atoms with E-state index in [-0.39, 0.29) is 17.9 Å². The van der Waals surface area contributed by atoms with Gasteiger partial charge in [0.2, 0.25) is 11.8 Å². The van der Waals surface area contributed by atoms with Crippen molar-refractivity contribution in [3.8, 4) is 0 Å². The molecule has 2 aromatic carbocycles. The van der Waals surface area contributed by atoms with Crippen molar-refractivity contribution in [3.05, 3.63) is 64.7 Å². The van der Waals surface area contributed by atoms with Crippen LogP contribution < -0.4 is 16.0 Å². The fourth-order valence-electron chi connectivity index (χ4n) is 3.97. The zero-order chi connectivity index (χ0) is 22.7. The lowest BCUT2D eigenvalue weighted by Gasteiger charge is -2.34. The summed E-state index contributed by atoms with van der Waals surface area (Å²) in [6, 6.07) is 13.5. The Bertz CT molecular complexity index is 1020. The summed E-state index contributed by atoms with van der Waals surface area (Å²) in [5, 5.41) is 9.04. The van der Waals surface area contributed by atoms with Crippen LogP contribution in [0.4, 0.5) is 10.5 Å². The molecule has 2 heterocycles. The highest BCUT2D eigenvalue weighted by Crippen LogP contribution is 2.25. The molecule has 168 valence electrons. The standard InChI is InChI=1S/C23H25ClN4O3S/c1-14-7-8-16(9-18(14)24)25-23(31)26-17-10-20-21(29)27-19(22(30)28(20)11-17)13-32-12-15-5-3-2-4-6-15/h2-9,17,19-20H,10-13H2,1H3,(H,27,29)(H2,25,26,31)/t17-,19-,20-/m0/s1. The summed E-state index contributed by atoms with van der Waals surface area (Å²) < 4.78 is 0. The predicted octanol–water partition coefficient (Wildman–Crippen LogP) is 3.17. The summed E-state index contributed by atoms with van der Waals surface area (Å²) in [5.41, 5.74) is 2.68. The third-order valence-corrected chi connectivity index (χ3v) is 7.18. The first-order valence-corrected chi connectivity index (χ1v) is 12.0. The molecule has 0 aliphatic carbocycles. The molecule has 2 aromatic rings. The van der Waals surface area contributed by atoms with Crippen LogP contribution in [0.15, 0.2) is 48.5 Å². The van der Waals surface area contributed by atoms with E-state index in [1.807, 2.05) is 43.3 Å². The topological polar surface area (TPSA) is 90.5 Å². The third-order valence-electron chi connectivity index (χ3n) is 5.66. The highest BCUT2D eigenvalue weighted by molar-refractivity contribution is 7.98. The molecule has 3 N–H and O–H groups in total. The van der Waals surface area contributed by atoms with Gasteiger partial charge in [-0.1, -0.05) is 48.0 Å².